The molecule has 0 aliphatic carbocycles. The number of nitrogens with one attached hydrogen (secondary N) is 2. The Bertz CT molecular complexity index is 1210. The molecule has 0 aliphatic rings. The summed E-state index contributed by atoms with van der Waals surface area (Å²) in [6.07, 6.45) is 2.36. The van der Waals surface area contributed by atoms with E-state index in [4.69, 9.17) is 20.1 Å². The Morgan fingerprint density at radius 1 is 1.38 bits per heavy atom. The fourth-order valence-electron chi connectivity index (χ4n) is 2.84. The molecule has 0 spiro atoms. The van der Waals surface area contributed by atoms with Gasteiger partial charge in [-0.1, -0.05) is 11.6 Å². The summed E-state index contributed by atoms with van der Waals surface area (Å²) in [6.45, 7) is 3.18. The van der Waals surface area contributed by atoms with Crippen molar-refractivity contribution in [2.45, 2.75) is 32.9 Å². The zero-order valence-electron chi connectivity index (χ0n) is 20.0. The Labute approximate surface area is 193 Å². The molecule has 0 fully saturated rings. The molecular weight excluding hydrogens is 437 g/mol. The lowest BCUT2D eigenvalue weighted by Crippen LogP contribution is -2.37. The molecule has 1 unspecified atom stereocenters. The van der Waals surface area contributed by atoms with Gasteiger partial charge in [-0.3, -0.25) is 4.68 Å². The monoisotopic (exact) mass is 463 g/mol. The minimum atomic E-state index is -2.12. The van der Waals surface area contributed by atoms with E-state index < -0.39 is 24.4 Å². The first-order chi connectivity index (χ1) is 15.9. The van der Waals surface area contributed by atoms with Crippen LogP contribution in [0.5, 0.6) is 0 Å². The van der Waals surface area contributed by atoms with Gasteiger partial charge in [-0.25, -0.2) is 19.2 Å². The number of hydrogen-bond acceptors (Lipinski definition) is 7. The molecule has 1 aromatic carbocycles. The summed E-state index contributed by atoms with van der Waals surface area (Å²) in [5, 5.41) is 9.71. The van der Waals surface area contributed by atoms with Gasteiger partial charge in [0.1, 0.15) is 5.69 Å². The van der Waals surface area contributed by atoms with Gasteiger partial charge in [0.05, 0.1) is 21.2 Å². The highest BCUT2D eigenvalue weighted by Crippen LogP contribution is 2.36. The molecule has 3 aromatic rings. The first kappa shape index (κ1) is 20.5. The molecule has 9 nitrogen and oxygen atoms in total. The molecule has 170 valence electrons. The fraction of sp³-hybridized carbons (Fsp3) is 0.333. The van der Waals surface area contributed by atoms with Crippen LogP contribution in [0.4, 0.5) is 20.8 Å². The second-order valence-corrected chi connectivity index (χ2v) is 7.65. The molecule has 0 radical (unpaired) electrons. The van der Waals surface area contributed by atoms with Crippen molar-refractivity contribution in [3.8, 4) is 22.5 Å². The minimum absolute atomic E-state index is 0.0362. The van der Waals surface area contributed by atoms with Crippen molar-refractivity contribution in [2.24, 2.45) is 0 Å². The maximum Gasteiger partial charge on any atom is 0.407 e. The summed E-state index contributed by atoms with van der Waals surface area (Å²) in [5.41, 5.74) is 6.88. The highest BCUT2D eigenvalue weighted by atomic mass is 35.5. The van der Waals surface area contributed by atoms with Crippen molar-refractivity contribution in [2.75, 3.05) is 24.7 Å². The maximum absolute atomic E-state index is 14.9. The Balaban J connectivity index is 2.03. The zero-order valence-corrected chi connectivity index (χ0v) is 18.7. The third-order valence-electron chi connectivity index (χ3n) is 4.43. The van der Waals surface area contributed by atoms with E-state index in [0.717, 1.165) is 0 Å². The van der Waals surface area contributed by atoms with E-state index in [1.807, 2.05) is 13.8 Å². The van der Waals surface area contributed by atoms with Crippen LogP contribution < -0.4 is 16.4 Å². The smallest absolute Gasteiger partial charge is 0.407 e. The maximum atomic E-state index is 14.9. The molecule has 0 saturated carbocycles. The number of nitrogen functional groups attached to an aromatic ring is 1. The number of methoxy groups -OCH3 is 1. The second-order valence-electron chi connectivity index (χ2n) is 7.21. The summed E-state index contributed by atoms with van der Waals surface area (Å²) >= 11 is 6.12. The quantitative estimate of drug-likeness (QED) is 0.451. The van der Waals surface area contributed by atoms with E-state index in [1.54, 1.807) is 16.9 Å². The van der Waals surface area contributed by atoms with E-state index in [9.17, 15) is 9.18 Å². The molecule has 0 saturated heterocycles. The molecule has 11 heteroatoms. The number of hydrogen-bond donors (Lipinski definition) is 3. The van der Waals surface area contributed by atoms with Gasteiger partial charge in [-0.2, -0.15) is 5.10 Å². The zero-order chi connectivity index (χ0) is 25.2. The summed E-state index contributed by atoms with van der Waals surface area (Å²) < 4.78 is 37.6. The number of carbonyl (C=O) groups is 1. The topological polar surface area (TPSA) is 120 Å². The van der Waals surface area contributed by atoms with Gasteiger partial charge in [0.2, 0.25) is 5.95 Å². The first-order valence-electron chi connectivity index (χ1n) is 10.7. The van der Waals surface area contributed by atoms with Gasteiger partial charge in [0.25, 0.3) is 0 Å². The van der Waals surface area contributed by atoms with Crippen molar-refractivity contribution in [3.63, 3.8) is 0 Å². The average molecular weight is 464 g/mol. The number of ether oxygens (including phenoxy) is 1. The van der Waals surface area contributed by atoms with E-state index in [2.05, 4.69) is 30.4 Å². The van der Waals surface area contributed by atoms with Gasteiger partial charge >= 0.3 is 6.09 Å². The van der Waals surface area contributed by atoms with Crippen molar-refractivity contribution >= 4 is 29.3 Å². The number of aromatic nitrogens is 4. The van der Waals surface area contributed by atoms with Crippen molar-refractivity contribution < 1.29 is 16.7 Å². The largest absolute Gasteiger partial charge is 0.453 e. The number of rotatable bonds is 7. The van der Waals surface area contributed by atoms with Crippen LogP contribution in [0, 0.1) is 5.82 Å². The standard InChI is InChI=1S/C21H25ClFN7O2/c1-11(2)30-10-15(19(29-30)14-7-13(22)8-16(24)18(14)23)17-5-6-25-20(28-17)26-9-12(3)27-21(31)32-4/h5-8,10-12H,9,24H2,1-4H3,(H,27,31)(H,25,26,28)/i9D2. The lowest BCUT2D eigenvalue weighted by Gasteiger charge is -2.14. The Morgan fingerprint density at radius 2 is 2.12 bits per heavy atom. The van der Waals surface area contributed by atoms with Crippen molar-refractivity contribution in [3.05, 3.63) is 41.4 Å². The predicted octanol–water partition coefficient (Wildman–Crippen LogP) is 4.12. The molecule has 32 heavy (non-hydrogen) atoms. The second kappa shape index (κ2) is 9.82. The first-order valence-corrected chi connectivity index (χ1v) is 10.1. The van der Waals surface area contributed by atoms with Gasteiger partial charge < -0.3 is 21.1 Å². The normalized spacial score (nSPS) is 13.3. The van der Waals surface area contributed by atoms with Gasteiger partial charge in [0.15, 0.2) is 5.82 Å². The van der Waals surface area contributed by atoms with E-state index in [0.29, 0.717) is 11.3 Å². The molecule has 2 heterocycles. The van der Waals surface area contributed by atoms with Crippen LogP contribution in [0.25, 0.3) is 22.5 Å². The number of benzene rings is 1. The highest BCUT2D eigenvalue weighted by Gasteiger charge is 2.21. The highest BCUT2D eigenvalue weighted by molar-refractivity contribution is 6.31. The number of alkyl carbamates (subject to hydrolysis) is 1. The molecule has 1 atom stereocenters. The number of amides is 1. The van der Waals surface area contributed by atoms with Crippen LogP contribution in [0.1, 0.15) is 29.6 Å². The third kappa shape index (κ3) is 5.25. The molecule has 4 N–H and O–H groups in total. The average Bonchev–Trinajstić information content (AvgIpc) is 3.21. The van der Waals surface area contributed by atoms with E-state index in [1.165, 1.54) is 32.4 Å². The summed E-state index contributed by atoms with van der Waals surface area (Å²) in [5.74, 6) is -0.707. The van der Waals surface area contributed by atoms with E-state index >= 15 is 0 Å². The summed E-state index contributed by atoms with van der Waals surface area (Å²) in [4.78, 5) is 19.9. The molecule has 0 aliphatic heterocycles. The third-order valence-corrected chi connectivity index (χ3v) is 4.65. The number of nitrogens with two attached hydrogens (primary N) is 1. The lowest BCUT2D eigenvalue weighted by molar-refractivity contribution is 0.168. The summed E-state index contributed by atoms with van der Waals surface area (Å²) in [6, 6.07) is 3.33. The van der Waals surface area contributed by atoms with Crippen LogP contribution in [0.2, 0.25) is 5.02 Å². The van der Waals surface area contributed by atoms with Crippen molar-refractivity contribution in [1.29, 1.82) is 0 Å². The molecule has 3 rings (SSSR count). The Hall–Kier alpha value is -3.40. The van der Waals surface area contributed by atoms with Crippen LogP contribution in [-0.2, 0) is 4.74 Å². The van der Waals surface area contributed by atoms with Gasteiger partial charge in [-0.05, 0) is 39.0 Å². The molecule has 0 bridgehead atoms. The Morgan fingerprint density at radius 3 is 2.81 bits per heavy atom. The number of carbonyl (C=O) groups excluding carboxylic acids is 1. The summed E-state index contributed by atoms with van der Waals surface area (Å²) in [7, 11) is 1.18. The predicted molar refractivity (Wildman–Crippen MR) is 122 cm³/mol. The molecular formula is C21H25ClFN7O2. The van der Waals surface area contributed by atoms with Crippen LogP contribution >= 0.6 is 11.6 Å². The SMILES string of the molecule is [2H]C([2H])(Nc1nccc(-c2cn(C(C)C)nc2-c2cc(Cl)cc(N)c2F)n1)C(C)NC(=O)OC. The number of anilines is 2. The minimum Gasteiger partial charge on any atom is -0.453 e. The number of nitrogens with zero attached hydrogens (tertiary/aromatic N) is 4. The Kier molecular flexibility index (Phi) is 6.29. The van der Waals surface area contributed by atoms with Crippen LogP contribution in [-0.4, -0.2) is 45.5 Å². The lowest BCUT2D eigenvalue weighted by atomic mass is 10.0. The fourth-order valence-corrected chi connectivity index (χ4v) is 3.07. The number of halogens is 2. The van der Waals surface area contributed by atoms with Gasteiger partial charge in [-0.15, -0.1) is 0 Å². The van der Waals surface area contributed by atoms with Gasteiger partial charge in [0, 0.05) is 47.1 Å². The molecule has 2 aromatic heterocycles. The van der Waals surface area contributed by atoms with Crippen molar-refractivity contribution in [1.82, 2.24) is 25.1 Å². The molecule has 1 amide bonds. The van der Waals surface area contributed by atoms with Crippen LogP contribution in [0.15, 0.2) is 30.6 Å². The van der Waals surface area contributed by atoms with Crippen LogP contribution in [0.3, 0.4) is 0 Å². The van der Waals surface area contributed by atoms with E-state index in [-0.39, 0.29) is 34.0 Å².